The molecule has 0 radical (unpaired) electrons. The van der Waals surface area contributed by atoms with Crippen molar-refractivity contribution in [3.05, 3.63) is 77.6 Å². The van der Waals surface area contributed by atoms with E-state index in [0.717, 1.165) is 16.3 Å². The van der Waals surface area contributed by atoms with Gasteiger partial charge in [-0.15, -0.1) is 0 Å². The molecule has 0 amide bonds. The van der Waals surface area contributed by atoms with Gasteiger partial charge < -0.3 is 0 Å². The number of fused-ring (bicyclic) bond motifs is 1. The summed E-state index contributed by atoms with van der Waals surface area (Å²) in [7, 11) is 0. The van der Waals surface area contributed by atoms with E-state index in [1.807, 2.05) is 49.4 Å². The van der Waals surface area contributed by atoms with Crippen LogP contribution in [0.15, 0.2) is 60.9 Å². The van der Waals surface area contributed by atoms with Crippen LogP contribution in [0.5, 0.6) is 0 Å². The predicted octanol–water partition coefficient (Wildman–Crippen LogP) is 3.97. The van der Waals surface area contributed by atoms with Crippen LogP contribution in [0.25, 0.3) is 10.8 Å². The lowest BCUT2D eigenvalue weighted by molar-refractivity contribution is 0.0994. The van der Waals surface area contributed by atoms with Gasteiger partial charge in [0.2, 0.25) is 0 Å². The van der Waals surface area contributed by atoms with E-state index in [9.17, 15) is 4.79 Å². The van der Waals surface area contributed by atoms with Gasteiger partial charge in [-0.2, -0.15) is 0 Å². The Balaban J connectivity index is 1.97. The summed E-state index contributed by atoms with van der Waals surface area (Å²) in [4.78, 5) is 16.7. The summed E-state index contributed by atoms with van der Waals surface area (Å²) in [5.41, 5.74) is 2.92. The van der Waals surface area contributed by atoms with Gasteiger partial charge >= 0.3 is 0 Å². The number of aromatic nitrogens is 1. The second-order valence-corrected chi connectivity index (χ2v) is 5.00. The van der Waals surface area contributed by atoms with E-state index in [2.05, 4.69) is 11.1 Å². The van der Waals surface area contributed by atoms with Gasteiger partial charge in [-0.25, -0.2) is 0 Å². The van der Waals surface area contributed by atoms with Gasteiger partial charge in [0.05, 0.1) is 0 Å². The summed E-state index contributed by atoms with van der Waals surface area (Å²) in [6, 6.07) is 15.9. The van der Waals surface area contributed by atoms with E-state index in [-0.39, 0.29) is 5.78 Å². The summed E-state index contributed by atoms with van der Waals surface area (Å²) in [6.45, 7) is 2.04. The Morgan fingerprint density at radius 3 is 2.75 bits per heavy atom. The Labute approximate surface area is 118 Å². The third-order valence-electron chi connectivity index (χ3n) is 3.42. The third kappa shape index (κ3) is 2.45. The highest BCUT2D eigenvalue weighted by atomic mass is 16.1. The second kappa shape index (κ2) is 5.25. The standard InChI is InChI=1S/C18H15NO/c1-13-5-4-6-14(9-13)10-18(20)17-12-19-11-15-7-2-3-8-16(15)17/h2-9,11-12H,10H2,1H3. The van der Waals surface area contributed by atoms with Crippen LogP contribution < -0.4 is 0 Å². The number of benzene rings is 2. The molecule has 0 unspecified atom stereocenters. The van der Waals surface area contributed by atoms with Gasteiger partial charge in [0, 0.05) is 29.8 Å². The molecule has 0 aliphatic rings. The number of aryl methyl sites for hydroxylation is 1. The highest BCUT2D eigenvalue weighted by Crippen LogP contribution is 2.19. The molecule has 0 bridgehead atoms. The molecule has 3 aromatic rings. The Morgan fingerprint density at radius 1 is 1.05 bits per heavy atom. The Kier molecular flexibility index (Phi) is 3.30. The summed E-state index contributed by atoms with van der Waals surface area (Å²) in [5.74, 6) is 0.111. The molecular formula is C18H15NO. The third-order valence-corrected chi connectivity index (χ3v) is 3.42. The quantitative estimate of drug-likeness (QED) is 0.668. The van der Waals surface area contributed by atoms with Crippen molar-refractivity contribution in [2.75, 3.05) is 0 Å². The first-order valence-corrected chi connectivity index (χ1v) is 6.65. The molecule has 0 atom stereocenters. The Hall–Kier alpha value is -2.48. The molecule has 0 saturated heterocycles. The summed E-state index contributed by atoms with van der Waals surface area (Å²) < 4.78 is 0. The van der Waals surface area contributed by atoms with Crippen molar-refractivity contribution < 1.29 is 4.79 Å². The van der Waals surface area contributed by atoms with Crippen LogP contribution >= 0.6 is 0 Å². The fraction of sp³-hybridized carbons (Fsp3) is 0.111. The molecule has 0 N–H and O–H groups in total. The SMILES string of the molecule is Cc1cccc(CC(=O)c2cncc3ccccc23)c1. The summed E-state index contributed by atoms with van der Waals surface area (Å²) in [5, 5.41) is 1.97. The smallest absolute Gasteiger partial charge is 0.169 e. The lowest BCUT2D eigenvalue weighted by atomic mass is 9.99. The average molecular weight is 261 g/mol. The zero-order chi connectivity index (χ0) is 13.9. The highest BCUT2D eigenvalue weighted by molar-refractivity contribution is 6.08. The zero-order valence-electron chi connectivity index (χ0n) is 11.3. The molecule has 2 nitrogen and oxygen atoms in total. The second-order valence-electron chi connectivity index (χ2n) is 5.00. The highest BCUT2D eigenvalue weighted by Gasteiger charge is 2.11. The van der Waals surface area contributed by atoms with Crippen molar-refractivity contribution in [2.45, 2.75) is 13.3 Å². The first-order valence-electron chi connectivity index (χ1n) is 6.65. The molecule has 0 aliphatic carbocycles. The molecule has 0 fully saturated rings. The van der Waals surface area contributed by atoms with E-state index in [1.165, 1.54) is 5.56 Å². The topological polar surface area (TPSA) is 30.0 Å². The van der Waals surface area contributed by atoms with Gasteiger partial charge in [0.1, 0.15) is 0 Å². The molecular weight excluding hydrogens is 246 g/mol. The monoisotopic (exact) mass is 261 g/mol. The fourth-order valence-corrected chi connectivity index (χ4v) is 2.44. The minimum atomic E-state index is 0.111. The van der Waals surface area contributed by atoms with Crippen LogP contribution in [0.2, 0.25) is 0 Å². The number of nitrogens with zero attached hydrogens (tertiary/aromatic N) is 1. The molecule has 0 aliphatic heterocycles. The van der Waals surface area contributed by atoms with Crippen LogP contribution in [0.1, 0.15) is 21.5 Å². The maximum absolute atomic E-state index is 12.5. The normalized spacial score (nSPS) is 10.7. The number of hydrogen-bond acceptors (Lipinski definition) is 2. The number of Topliss-reactive ketones (excluding diaryl/α,β-unsaturated/α-hetero) is 1. The Bertz CT molecular complexity index is 772. The van der Waals surface area contributed by atoms with Crippen molar-refractivity contribution in [1.29, 1.82) is 0 Å². The molecule has 20 heavy (non-hydrogen) atoms. The number of carbonyl (C=O) groups excluding carboxylic acids is 1. The average Bonchev–Trinajstić information content (AvgIpc) is 2.46. The lowest BCUT2D eigenvalue weighted by Gasteiger charge is -2.06. The van der Waals surface area contributed by atoms with Crippen molar-refractivity contribution in [2.24, 2.45) is 0 Å². The lowest BCUT2D eigenvalue weighted by Crippen LogP contribution is -2.05. The minimum Gasteiger partial charge on any atom is -0.294 e. The zero-order valence-corrected chi connectivity index (χ0v) is 11.3. The predicted molar refractivity (Wildman–Crippen MR) is 81.0 cm³/mol. The van der Waals surface area contributed by atoms with Gasteiger partial charge in [-0.05, 0) is 17.9 Å². The van der Waals surface area contributed by atoms with Crippen molar-refractivity contribution in [1.82, 2.24) is 4.98 Å². The first kappa shape index (κ1) is 12.5. The van der Waals surface area contributed by atoms with Crippen molar-refractivity contribution in [3.8, 4) is 0 Å². The number of rotatable bonds is 3. The first-order chi connectivity index (χ1) is 9.74. The van der Waals surface area contributed by atoms with Gasteiger partial charge in [-0.3, -0.25) is 9.78 Å². The molecule has 1 heterocycles. The molecule has 0 saturated carbocycles. The fourth-order valence-electron chi connectivity index (χ4n) is 2.44. The van der Waals surface area contributed by atoms with Gasteiger partial charge in [-0.1, -0.05) is 54.1 Å². The van der Waals surface area contributed by atoms with Crippen LogP contribution in [0.3, 0.4) is 0 Å². The number of carbonyl (C=O) groups is 1. The van der Waals surface area contributed by atoms with Crippen LogP contribution in [0, 0.1) is 6.92 Å². The number of hydrogen-bond donors (Lipinski definition) is 0. The van der Waals surface area contributed by atoms with E-state index in [0.29, 0.717) is 12.0 Å². The molecule has 3 rings (SSSR count). The number of pyridine rings is 1. The maximum Gasteiger partial charge on any atom is 0.169 e. The molecule has 2 aromatic carbocycles. The van der Waals surface area contributed by atoms with E-state index in [1.54, 1.807) is 12.4 Å². The number of ketones is 1. The van der Waals surface area contributed by atoms with E-state index in [4.69, 9.17) is 0 Å². The van der Waals surface area contributed by atoms with Gasteiger partial charge in [0.15, 0.2) is 5.78 Å². The molecule has 0 spiro atoms. The van der Waals surface area contributed by atoms with E-state index >= 15 is 0 Å². The molecule has 1 aromatic heterocycles. The maximum atomic E-state index is 12.5. The van der Waals surface area contributed by atoms with Crippen molar-refractivity contribution >= 4 is 16.6 Å². The van der Waals surface area contributed by atoms with E-state index < -0.39 is 0 Å². The van der Waals surface area contributed by atoms with Crippen LogP contribution in [-0.2, 0) is 6.42 Å². The largest absolute Gasteiger partial charge is 0.294 e. The van der Waals surface area contributed by atoms with Gasteiger partial charge in [0.25, 0.3) is 0 Å². The van der Waals surface area contributed by atoms with Crippen LogP contribution in [0.4, 0.5) is 0 Å². The summed E-state index contributed by atoms with van der Waals surface area (Å²) in [6.07, 6.45) is 3.87. The minimum absolute atomic E-state index is 0.111. The Morgan fingerprint density at radius 2 is 1.90 bits per heavy atom. The van der Waals surface area contributed by atoms with Crippen LogP contribution in [-0.4, -0.2) is 10.8 Å². The molecule has 98 valence electrons. The van der Waals surface area contributed by atoms with Crippen molar-refractivity contribution in [3.63, 3.8) is 0 Å². The summed E-state index contributed by atoms with van der Waals surface area (Å²) >= 11 is 0. The molecule has 2 heteroatoms.